The van der Waals surface area contributed by atoms with Crippen LogP contribution in [0.3, 0.4) is 0 Å². The van der Waals surface area contributed by atoms with Gasteiger partial charge < -0.3 is 70.5 Å². The minimum Gasteiger partial charge on any atom is -0.370 e. The van der Waals surface area contributed by atoms with Gasteiger partial charge in [-0.2, -0.15) is 0 Å². The molecule has 0 aliphatic carbocycles. The average Bonchev–Trinajstić information content (AvgIpc) is 3.62. The van der Waals surface area contributed by atoms with Crippen molar-refractivity contribution in [2.75, 3.05) is 26.2 Å². The zero-order valence-electron chi connectivity index (χ0n) is 36.9. The first-order valence-electron chi connectivity index (χ1n) is 21.2. The molecule has 1 heterocycles. The zero-order chi connectivity index (χ0) is 47.2. The SMILES string of the molecule is CC(C)C[C@H](NC(=O)[C@H](Cc1c[nH]c2ccccc12)NC(=O)[C@H](C)N)C(=O)N[C@H](C(=O)N[C@@H](CCCCN)C(=O)NCC(=O)N[C@@H](CCCNC(=N)N)C(=O)NCC(N)=O)C(C)C. The molecule has 0 saturated carbocycles. The van der Waals surface area contributed by atoms with Crippen molar-refractivity contribution in [1.82, 2.24) is 47.5 Å². The van der Waals surface area contributed by atoms with Gasteiger partial charge >= 0.3 is 0 Å². The Labute approximate surface area is 367 Å². The maximum Gasteiger partial charge on any atom is 0.243 e. The molecule has 0 fully saturated rings. The van der Waals surface area contributed by atoms with Crippen LogP contribution in [-0.2, 0) is 44.8 Å². The maximum atomic E-state index is 14.0. The average molecular weight is 885 g/mol. The van der Waals surface area contributed by atoms with Crippen molar-refractivity contribution in [3.8, 4) is 0 Å². The van der Waals surface area contributed by atoms with Crippen LogP contribution in [0.2, 0.25) is 0 Å². The van der Waals surface area contributed by atoms with Gasteiger partial charge in [0.15, 0.2) is 5.96 Å². The summed E-state index contributed by atoms with van der Waals surface area (Å²) < 4.78 is 0. The van der Waals surface area contributed by atoms with Gasteiger partial charge in [-0.3, -0.25) is 43.8 Å². The molecule has 63 heavy (non-hydrogen) atoms. The highest BCUT2D eigenvalue weighted by Crippen LogP contribution is 2.20. The number of benzene rings is 1. The normalized spacial score (nSPS) is 14.0. The zero-order valence-corrected chi connectivity index (χ0v) is 36.9. The first kappa shape index (κ1) is 52.8. The molecule has 1 aromatic heterocycles. The number of guanidine groups is 1. The van der Waals surface area contributed by atoms with E-state index in [2.05, 4.69) is 47.5 Å². The van der Waals surface area contributed by atoms with Crippen molar-refractivity contribution < 1.29 is 38.4 Å². The number of nitrogens with two attached hydrogens (primary N) is 4. The number of rotatable bonds is 28. The number of para-hydroxylation sites is 1. The van der Waals surface area contributed by atoms with E-state index in [1.165, 1.54) is 6.92 Å². The van der Waals surface area contributed by atoms with Crippen LogP contribution in [-0.4, -0.2) is 121 Å². The summed E-state index contributed by atoms with van der Waals surface area (Å²) in [5, 5.41) is 29.0. The highest BCUT2D eigenvalue weighted by atomic mass is 16.2. The number of hydrogen-bond donors (Lipinski definition) is 14. The van der Waals surface area contributed by atoms with E-state index < -0.39 is 103 Å². The smallest absolute Gasteiger partial charge is 0.243 e. The van der Waals surface area contributed by atoms with Gasteiger partial charge in [0.2, 0.25) is 47.3 Å². The molecule has 18 N–H and O–H groups in total. The summed E-state index contributed by atoms with van der Waals surface area (Å²) in [6.45, 7) is 8.08. The Bertz CT molecular complexity index is 1880. The third kappa shape index (κ3) is 19.1. The Kier molecular flexibility index (Phi) is 22.6. The van der Waals surface area contributed by atoms with Gasteiger partial charge in [-0.15, -0.1) is 0 Å². The number of nitrogens with one attached hydrogen (secondary N) is 10. The first-order chi connectivity index (χ1) is 29.7. The summed E-state index contributed by atoms with van der Waals surface area (Å²) in [5.74, 6) is -6.38. The molecule has 0 saturated heterocycles. The number of amides is 8. The number of carbonyl (C=O) groups is 8. The maximum absolute atomic E-state index is 14.0. The fraction of sp³-hybridized carbons (Fsp3) is 0.585. The lowest BCUT2D eigenvalue weighted by Crippen LogP contribution is -2.60. The highest BCUT2D eigenvalue weighted by Gasteiger charge is 2.34. The molecule has 6 atom stereocenters. The van der Waals surface area contributed by atoms with Crippen LogP contribution in [0.15, 0.2) is 30.5 Å². The quantitative estimate of drug-likeness (QED) is 0.0236. The van der Waals surface area contributed by atoms with E-state index in [1.807, 2.05) is 38.1 Å². The Balaban J connectivity index is 2.22. The Hall–Kier alpha value is -6.29. The molecule has 1 aromatic carbocycles. The molecular weight excluding hydrogens is 817 g/mol. The molecule has 350 valence electrons. The lowest BCUT2D eigenvalue weighted by Gasteiger charge is -2.29. The summed E-state index contributed by atoms with van der Waals surface area (Å²) in [7, 11) is 0. The van der Waals surface area contributed by atoms with Gasteiger partial charge in [-0.25, -0.2) is 0 Å². The number of carbonyl (C=O) groups excluding carboxylic acids is 8. The van der Waals surface area contributed by atoms with Crippen molar-refractivity contribution in [2.45, 2.75) is 116 Å². The molecule has 0 radical (unpaired) electrons. The standard InChI is InChI=1S/C41H68N14O8/c1-22(2)17-30(54-38(61)31(53-35(58)24(5)43)18-25-19-48-27-12-7-6-11-26(25)27)39(62)55-34(23(3)4)40(63)52-29(13-8-9-15-42)37(60)50-21-33(57)51-28(14-10-16-47-41(45)46)36(59)49-20-32(44)56/h6-7,11-12,19,22-24,28-31,34,48H,8-10,13-18,20-21,42-43H2,1-5H3,(H2,44,56)(H,49,59)(H,50,60)(H,51,57)(H,52,63)(H,53,58)(H,54,61)(H,55,62)(H4,45,46,47)/t24-,28-,29-,30-,31-,34-/m0/s1. The molecule has 0 unspecified atom stereocenters. The number of hydrogen-bond acceptors (Lipinski definition) is 11. The van der Waals surface area contributed by atoms with Crippen molar-refractivity contribution in [3.05, 3.63) is 36.0 Å². The van der Waals surface area contributed by atoms with E-state index >= 15 is 0 Å². The number of primary amides is 1. The van der Waals surface area contributed by atoms with Crippen LogP contribution >= 0.6 is 0 Å². The second-order valence-corrected chi connectivity index (χ2v) is 16.2. The minimum atomic E-state index is -1.17. The van der Waals surface area contributed by atoms with Crippen molar-refractivity contribution >= 4 is 64.1 Å². The summed E-state index contributed by atoms with van der Waals surface area (Å²) in [5.41, 5.74) is 23.5. The number of fused-ring (bicyclic) bond motifs is 1. The molecule has 2 rings (SSSR count). The number of H-pyrrole nitrogens is 1. The molecule has 0 aliphatic heterocycles. The fourth-order valence-corrected chi connectivity index (χ4v) is 6.45. The van der Waals surface area contributed by atoms with Crippen LogP contribution in [0.25, 0.3) is 10.9 Å². The largest absolute Gasteiger partial charge is 0.370 e. The summed E-state index contributed by atoms with van der Waals surface area (Å²) in [6.07, 6.45) is 3.48. The van der Waals surface area contributed by atoms with Gasteiger partial charge in [0.05, 0.1) is 19.1 Å². The van der Waals surface area contributed by atoms with Gasteiger partial charge in [0.1, 0.15) is 30.2 Å². The molecule has 2 aromatic rings. The van der Waals surface area contributed by atoms with Crippen molar-refractivity contribution in [3.63, 3.8) is 0 Å². The second kappa shape index (κ2) is 26.9. The summed E-state index contributed by atoms with van der Waals surface area (Å²) in [6, 6.07) is 0.874. The summed E-state index contributed by atoms with van der Waals surface area (Å²) in [4.78, 5) is 108. The van der Waals surface area contributed by atoms with E-state index in [9.17, 15) is 38.4 Å². The lowest BCUT2D eigenvalue weighted by molar-refractivity contribution is -0.135. The lowest BCUT2D eigenvalue weighted by atomic mass is 9.98. The Morgan fingerprint density at radius 1 is 0.667 bits per heavy atom. The molecular formula is C41H68N14O8. The molecule has 0 spiro atoms. The number of aromatic nitrogens is 1. The van der Waals surface area contributed by atoms with Crippen molar-refractivity contribution in [1.29, 1.82) is 5.41 Å². The third-order valence-corrected chi connectivity index (χ3v) is 9.81. The topological polar surface area (TPSA) is 377 Å². The van der Waals surface area contributed by atoms with Crippen LogP contribution in [0.4, 0.5) is 0 Å². The van der Waals surface area contributed by atoms with Crippen LogP contribution in [0.5, 0.6) is 0 Å². The van der Waals surface area contributed by atoms with Gasteiger partial charge in [0, 0.05) is 30.1 Å². The molecule has 0 bridgehead atoms. The van der Waals surface area contributed by atoms with Crippen molar-refractivity contribution in [2.24, 2.45) is 34.8 Å². The van der Waals surface area contributed by atoms with E-state index in [0.717, 1.165) is 16.5 Å². The number of unbranched alkanes of at least 4 members (excludes halogenated alkanes) is 1. The minimum absolute atomic E-state index is 0.0854. The molecule has 8 amide bonds. The van der Waals surface area contributed by atoms with Gasteiger partial charge in [-0.05, 0) is 75.5 Å². The predicted molar refractivity (Wildman–Crippen MR) is 237 cm³/mol. The van der Waals surface area contributed by atoms with Crippen LogP contribution in [0, 0.1) is 17.2 Å². The monoisotopic (exact) mass is 885 g/mol. The van der Waals surface area contributed by atoms with E-state index in [-0.39, 0.29) is 44.1 Å². The highest BCUT2D eigenvalue weighted by molar-refractivity contribution is 5.97. The van der Waals surface area contributed by atoms with E-state index in [1.54, 1.807) is 20.0 Å². The molecule has 22 heteroatoms. The van der Waals surface area contributed by atoms with Crippen LogP contribution < -0.4 is 65.5 Å². The first-order valence-corrected chi connectivity index (χ1v) is 21.2. The predicted octanol–water partition coefficient (Wildman–Crippen LogP) is -2.71. The van der Waals surface area contributed by atoms with Gasteiger partial charge in [0.25, 0.3) is 0 Å². The van der Waals surface area contributed by atoms with E-state index in [4.69, 9.17) is 28.3 Å². The Morgan fingerprint density at radius 2 is 1.25 bits per heavy atom. The Morgan fingerprint density at radius 3 is 1.86 bits per heavy atom. The molecule has 22 nitrogen and oxygen atoms in total. The second-order valence-electron chi connectivity index (χ2n) is 16.2. The fourth-order valence-electron chi connectivity index (χ4n) is 6.45. The van der Waals surface area contributed by atoms with Gasteiger partial charge in [-0.1, -0.05) is 45.9 Å². The summed E-state index contributed by atoms with van der Waals surface area (Å²) >= 11 is 0. The van der Waals surface area contributed by atoms with E-state index in [0.29, 0.717) is 25.8 Å². The molecule has 0 aliphatic rings. The number of aromatic amines is 1. The van der Waals surface area contributed by atoms with Crippen LogP contribution in [0.1, 0.15) is 78.7 Å². The third-order valence-electron chi connectivity index (χ3n) is 9.81.